The average molecular weight is 430 g/mol. The maximum Gasteiger partial charge on any atom is 0.219 e. The van der Waals surface area contributed by atoms with Crippen LogP contribution >= 0.6 is 0 Å². The molecule has 3 aromatic heterocycles. The van der Waals surface area contributed by atoms with Crippen molar-refractivity contribution in [3.63, 3.8) is 0 Å². The van der Waals surface area contributed by atoms with E-state index in [2.05, 4.69) is 67.2 Å². The van der Waals surface area contributed by atoms with E-state index in [1.807, 2.05) is 9.42 Å². The maximum atomic E-state index is 11.7. The third kappa shape index (κ3) is 3.29. The Balaban J connectivity index is 1.61. The van der Waals surface area contributed by atoms with E-state index < -0.39 is 0 Å². The Hall–Kier alpha value is -3.15. The van der Waals surface area contributed by atoms with E-state index in [-0.39, 0.29) is 5.91 Å². The zero-order valence-corrected chi connectivity index (χ0v) is 19.6. The molecule has 6 nitrogen and oxygen atoms in total. The van der Waals surface area contributed by atoms with Gasteiger partial charge in [0.15, 0.2) is 5.65 Å². The summed E-state index contributed by atoms with van der Waals surface area (Å²) in [5.41, 5.74) is 9.56. The number of hydrogen-bond acceptors (Lipinski definition) is 3. The van der Waals surface area contributed by atoms with Crippen LogP contribution in [0.2, 0.25) is 0 Å². The number of carbonyl (C=O) groups is 1. The molecule has 1 N–H and O–H groups in total. The quantitative estimate of drug-likeness (QED) is 0.478. The average Bonchev–Trinajstić information content (AvgIpc) is 3.40. The molecule has 0 radical (unpaired) electrons. The molecule has 4 heterocycles. The molecule has 0 unspecified atom stereocenters. The predicted molar refractivity (Wildman–Crippen MR) is 128 cm³/mol. The SMILES string of the molecule is CC(=O)N1CCC(c2ccc3[nH]c(-c4cn5ncnc5c(C)c4C)c(C(C)C)c3c2)CC1. The van der Waals surface area contributed by atoms with E-state index in [9.17, 15) is 4.79 Å². The summed E-state index contributed by atoms with van der Waals surface area (Å²) in [4.78, 5) is 21.8. The second-order valence-corrected chi connectivity index (χ2v) is 9.47. The van der Waals surface area contributed by atoms with Crippen LogP contribution in [-0.4, -0.2) is 43.5 Å². The van der Waals surface area contributed by atoms with Gasteiger partial charge in [-0.1, -0.05) is 19.9 Å². The van der Waals surface area contributed by atoms with Gasteiger partial charge in [0, 0.05) is 42.7 Å². The van der Waals surface area contributed by atoms with Crippen LogP contribution in [0, 0.1) is 13.8 Å². The molecule has 5 rings (SSSR count). The lowest BCUT2D eigenvalue weighted by Crippen LogP contribution is -2.36. The van der Waals surface area contributed by atoms with Crippen molar-refractivity contribution >= 4 is 22.5 Å². The first-order chi connectivity index (χ1) is 15.3. The summed E-state index contributed by atoms with van der Waals surface area (Å²) in [5.74, 6) is 1.06. The normalized spacial score (nSPS) is 15.4. The Kier molecular flexibility index (Phi) is 5.03. The number of pyridine rings is 1. The number of aromatic nitrogens is 4. The van der Waals surface area contributed by atoms with E-state index in [0.29, 0.717) is 11.8 Å². The van der Waals surface area contributed by atoms with Gasteiger partial charge in [-0.15, -0.1) is 0 Å². The number of hydrogen-bond donors (Lipinski definition) is 1. The van der Waals surface area contributed by atoms with Crippen molar-refractivity contribution in [2.24, 2.45) is 0 Å². The lowest BCUT2D eigenvalue weighted by atomic mass is 9.87. The highest BCUT2D eigenvalue weighted by Gasteiger charge is 2.24. The highest BCUT2D eigenvalue weighted by Crippen LogP contribution is 2.39. The Morgan fingerprint density at radius 1 is 1.16 bits per heavy atom. The number of carbonyl (C=O) groups excluding carboxylic acids is 1. The number of piperidine rings is 1. The fourth-order valence-electron chi connectivity index (χ4n) is 5.28. The zero-order valence-electron chi connectivity index (χ0n) is 19.6. The van der Waals surface area contributed by atoms with E-state index in [4.69, 9.17) is 0 Å². The van der Waals surface area contributed by atoms with E-state index in [1.54, 1.807) is 13.3 Å². The number of likely N-dealkylation sites (tertiary alicyclic amines) is 1. The summed E-state index contributed by atoms with van der Waals surface area (Å²) >= 11 is 0. The molecule has 1 fully saturated rings. The first-order valence-corrected chi connectivity index (χ1v) is 11.6. The van der Waals surface area contributed by atoms with Gasteiger partial charge < -0.3 is 9.88 Å². The van der Waals surface area contributed by atoms with Crippen LogP contribution in [0.25, 0.3) is 27.8 Å². The summed E-state index contributed by atoms with van der Waals surface area (Å²) in [5, 5.41) is 5.70. The van der Waals surface area contributed by atoms with Crippen molar-refractivity contribution in [1.82, 2.24) is 24.5 Å². The largest absolute Gasteiger partial charge is 0.354 e. The lowest BCUT2D eigenvalue weighted by Gasteiger charge is -2.31. The number of rotatable bonds is 3. The van der Waals surface area contributed by atoms with Gasteiger partial charge in [-0.05, 0) is 72.9 Å². The molecule has 0 atom stereocenters. The second kappa shape index (κ2) is 7.76. The monoisotopic (exact) mass is 429 g/mol. The number of nitrogens with zero attached hydrogens (tertiary/aromatic N) is 4. The van der Waals surface area contributed by atoms with Crippen LogP contribution < -0.4 is 0 Å². The zero-order chi connectivity index (χ0) is 22.6. The van der Waals surface area contributed by atoms with Gasteiger partial charge in [-0.3, -0.25) is 4.79 Å². The molecule has 0 saturated carbocycles. The molecule has 1 aliphatic heterocycles. The van der Waals surface area contributed by atoms with Crippen LogP contribution in [0.3, 0.4) is 0 Å². The van der Waals surface area contributed by atoms with Gasteiger partial charge in [0.1, 0.15) is 6.33 Å². The van der Waals surface area contributed by atoms with E-state index >= 15 is 0 Å². The molecular formula is C26H31N5O. The Morgan fingerprint density at radius 2 is 1.91 bits per heavy atom. The lowest BCUT2D eigenvalue weighted by molar-refractivity contribution is -0.129. The summed E-state index contributed by atoms with van der Waals surface area (Å²) in [7, 11) is 0. The molecule has 1 aromatic carbocycles. The molecule has 32 heavy (non-hydrogen) atoms. The minimum absolute atomic E-state index is 0.186. The maximum absolute atomic E-state index is 11.7. The Bertz CT molecular complexity index is 1320. The smallest absolute Gasteiger partial charge is 0.219 e. The summed E-state index contributed by atoms with van der Waals surface area (Å²) in [6, 6.07) is 6.88. The van der Waals surface area contributed by atoms with E-state index in [1.165, 1.54) is 38.9 Å². The second-order valence-electron chi connectivity index (χ2n) is 9.47. The van der Waals surface area contributed by atoms with Gasteiger partial charge in [0.25, 0.3) is 0 Å². The molecule has 0 bridgehead atoms. The summed E-state index contributed by atoms with van der Waals surface area (Å²) in [6.45, 7) is 12.2. The Morgan fingerprint density at radius 3 is 2.59 bits per heavy atom. The van der Waals surface area contributed by atoms with Crippen molar-refractivity contribution in [3.05, 3.63) is 53.0 Å². The minimum atomic E-state index is 0.186. The molecule has 1 amide bonds. The van der Waals surface area contributed by atoms with Crippen LogP contribution in [0.15, 0.2) is 30.7 Å². The summed E-state index contributed by atoms with van der Waals surface area (Å²) in [6.07, 6.45) is 5.77. The molecule has 0 aliphatic carbocycles. The first kappa shape index (κ1) is 20.7. The molecule has 1 saturated heterocycles. The van der Waals surface area contributed by atoms with Crippen molar-refractivity contribution < 1.29 is 4.79 Å². The van der Waals surface area contributed by atoms with Crippen molar-refractivity contribution in [2.75, 3.05) is 13.1 Å². The standard InChI is InChI=1S/C26H31N5O/c1-15(2)24-21-12-20(19-8-10-30(11-9-19)18(5)32)6-7-23(21)29-25(24)22-13-31-26(27-14-28-31)17(4)16(22)3/h6-7,12-15,19,29H,8-11H2,1-5H3. The first-order valence-electron chi connectivity index (χ1n) is 11.6. The number of fused-ring (bicyclic) bond motifs is 2. The fourth-order valence-corrected chi connectivity index (χ4v) is 5.28. The Labute approximate surface area is 188 Å². The number of benzene rings is 1. The topological polar surface area (TPSA) is 66.3 Å². The van der Waals surface area contributed by atoms with Gasteiger partial charge in [0.2, 0.25) is 5.91 Å². The summed E-state index contributed by atoms with van der Waals surface area (Å²) < 4.78 is 1.88. The number of amides is 1. The fraction of sp³-hybridized carbons (Fsp3) is 0.423. The number of nitrogens with one attached hydrogen (secondary N) is 1. The van der Waals surface area contributed by atoms with Crippen molar-refractivity contribution in [2.45, 2.75) is 59.3 Å². The van der Waals surface area contributed by atoms with Crippen molar-refractivity contribution in [3.8, 4) is 11.3 Å². The van der Waals surface area contributed by atoms with Crippen molar-refractivity contribution in [1.29, 1.82) is 0 Å². The highest BCUT2D eigenvalue weighted by atomic mass is 16.2. The van der Waals surface area contributed by atoms with Gasteiger partial charge in [-0.2, -0.15) is 5.10 Å². The molecule has 166 valence electrons. The van der Waals surface area contributed by atoms with E-state index in [0.717, 1.165) is 37.1 Å². The van der Waals surface area contributed by atoms with Crippen LogP contribution in [0.4, 0.5) is 0 Å². The molecule has 6 heteroatoms. The number of aryl methyl sites for hydroxylation is 1. The highest BCUT2D eigenvalue weighted by molar-refractivity contribution is 5.92. The van der Waals surface area contributed by atoms with Crippen LogP contribution in [0.5, 0.6) is 0 Å². The van der Waals surface area contributed by atoms with Gasteiger partial charge in [0.05, 0.1) is 5.69 Å². The van der Waals surface area contributed by atoms with Gasteiger partial charge >= 0.3 is 0 Å². The third-order valence-corrected chi connectivity index (χ3v) is 7.25. The molecule has 1 aliphatic rings. The molecular weight excluding hydrogens is 398 g/mol. The van der Waals surface area contributed by atoms with Gasteiger partial charge in [-0.25, -0.2) is 9.50 Å². The third-order valence-electron chi connectivity index (χ3n) is 7.25. The van der Waals surface area contributed by atoms with Crippen LogP contribution in [-0.2, 0) is 4.79 Å². The molecule has 0 spiro atoms. The molecule has 4 aromatic rings. The minimum Gasteiger partial charge on any atom is -0.354 e. The van der Waals surface area contributed by atoms with Crippen LogP contribution in [0.1, 0.15) is 67.7 Å². The predicted octanol–water partition coefficient (Wildman–Crippen LogP) is 5.34. The number of H-pyrrole nitrogens is 1. The number of aromatic amines is 1.